The predicted molar refractivity (Wildman–Crippen MR) is 200 cm³/mol. The number of benzene rings is 2. The number of Topliss-reactive ketones (excluding diaryl/α,β-unsaturated/α-hetero) is 1. The van der Waals surface area contributed by atoms with E-state index in [-0.39, 0.29) is 37.2 Å². The van der Waals surface area contributed by atoms with Crippen molar-refractivity contribution in [2.45, 2.75) is 90.1 Å². The molecule has 52 heavy (non-hydrogen) atoms. The highest BCUT2D eigenvalue weighted by Gasteiger charge is 2.29. The summed E-state index contributed by atoms with van der Waals surface area (Å²) in [6.45, 7) is 5.90. The summed E-state index contributed by atoms with van der Waals surface area (Å²) in [5, 5.41) is 34.1. The number of hydrogen-bond acceptors (Lipinski definition) is 8. The van der Waals surface area contributed by atoms with Crippen LogP contribution in [-0.2, 0) is 24.2 Å². The average Bonchev–Trinajstić information content (AvgIpc) is 4.07. The number of aromatic nitrogens is 2. The number of hydrogen-bond donors (Lipinski definition) is 5. The highest BCUT2D eigenvalue weighted by Crippen LogP contribution is 2.43. The van der Waals surface area contributed by atoms with E-state index >= 15 is 0 Å². The molecule has 5 N–H and O–H groups in total. The van der Waals surface area contributed by atoms with Crippen LogP contribution in [0, 0.1) is 19.8 Å². The first-order valence-corrected chi connectivity index (χ1v) is 18.3. The van der Waals surface area contributed by atoms with Crippen molar-refractivity contribution in [3.63, 3.8) is 0 Å². The molecular formula is C42H48N4O6. The molecule has 0 radical (unpaired) electrons. The number of carbonyl (C=O) groups is 3. The molecular weight excluding hydrogens is 656 g/mol. The van der Waals surface area contributed by atoms with Crippen LogP contribution in [-0.4, -0.2) is 62.2 Å². The second kappa shape index (κ2) is 16.3. The molecule has 0 aliphatic heterocycles. The SMILES string of the molecule is Cc1c(CC(=O)c2cc(C3CC3)c(CN[C@H](CO)C(=O)O)cn2)cccc1-c1cccc(NC(=O)c2cc(C3CC3)c(CC[C@@H](C)CO)cn2)c1C. The lowest BCUT2D eigenvalue weighted by atomic mass is 9.90. The second-order valence-electron chi connectivity index (χ2n) is 14.5. The molecule has 10 heteroatoms. The van der Waals surface area contributed by atoms with Crippen LogP contribution in [0.15, 0.2) is 60.9 Å². The van der Waals surface area contributed by atoms with E-state index < -0.39 is 18.6 Å². The zero-order valence-corrected chi connectivity index (χ0v) is 30.1. The Hall–Kier alpha value is -4.77. The summed E-state index contributed by atoms with van der Waals surface area (Å²) < 4.78 is 0. The third kappa shape index (κ3) is 8.63. The number of nitrogens with zero attached hydrogens (tertiary/aromatic N) is 2. The molecule has 2 atom stereocenters. The number of carbonyl (C=O) groups excluding carboxylic acids is 2. The van der Waals surface area contributed by atoms with Crippen molar-refractivity contribution in [2.24, 2.45) is 5.92 Å². The normalized spacial score (nSPS) is 15.2. The number of anilines is 1. The van der Waals surface area contributed by atoms with Crippen LogP contribution in [0.4, 0.5) is 5.69 Å². The Morgan fingerprint density at radius 3 is 2.08 bits per heavy atom. The van der Waals surface area contributed by atoms with Gasteiger partial charge in [0.25, 0.3) is 5.91 Å². The molecule has 0 unspecified atom stereocenters. The first-order valence-electron chi connectivity index (χ1n) is 18.3. The minimum Gasteiger partial charge on any atom is -0.480 e. The fraction of sp³-hybridized carbons (Fsp3) is 0.405. The fourth-order valence-electron chi connectivity index (χ4n) is 6.82. The Bertz CT molecular complexity index is 1970. The van der Waals surface area contributed by atoms with Crippen LogP contribution in [0.3, 0.4) is 0 Å². The Labute approximate surface area is 304 Å². The number of carboxylic acids is 1. The first kappa shape index (κ1) is 37.0. The van der Waals surface area contributed by atoms with Gasteiger partial charge in [-0.1, -0.05) is 37.3 Å². The van der Waals surface area contributed by atoms with E-state index in [1.165, 1.54) is 5.56 Å². The number of aryl methyl sites for hydroxylation is 1. The summed E-state index contributed by atoms with van der Waals surface area (Å²) in [4.78, 5) is 47.5. The van der Waals surface area contributed by atoms with Crippen LogP contribution in [0.2, 0.25) is 0 Å². The maximum absolute atomic E-state index is 13.6. The maximum atomic E-state index is 13.6. The quantitative estimate of drug-likeness (QED) is 0.0796. The summed E-state index contributed by atoms with van der Waals surface area (Å²) in [5.74, 6) is -0.499. The molecule has 2 saturated carbocycles. The highest BCUT2D eigenvalue weighted by molar-refractivity contribution is 6.04. The van der Waals surface area contributed by atoms with Crippen molar-refractivity contribution >= 4 is 23.3 Å². The van der Waals surface area contributed by atoms with E-state index in [4.69, 9.17) is 0 Å². The standard InChI is InChI=1S/C42H48N4O6/c1-24(22-47)10-11-30-19-44-38(18-34(30)27-12-13-27)41(50)46-36-9-5-8-33(26(36)3)32-7-4-6-29(25(32)2)16-40(49)37-17-35(28-14-15-28)31(20-43-37)21-45-39(23-48)42(51)52/h4-9,17-20,24,27-28,39,45,47-48H,10-16,21-23H2,1-3H3,(H,46,50)(H,51,52)/t24-,39-/m1/s1. The average molecular weight is 705 g/mol. The van der Waals surface area contributed by atoms with E-state index in [1.807, 2.05) is 75.5 Å². The third-order valence-corrected chi connectivity index (χ3v) is 10.5. The lowest BCUT2D eigenvalue weighted by Crippen LogP contribution is -2.39. The van der Waals surface area contributed by atoms with Gasteiger partial charge in [0.2, 0.25) is 0 Å². The van der Waals surface area contributed by atoms with Gasteiger partial charge in [-0.05, 0) is 138 Å². The van der Waals surface area contributed by atoms with Gasteiger partial charge in [-0.15, -0.1) is 0 Å². The second-order valence-corrected chi connectivity index (χ2v) is 14.5. The fourth-order valence-corrected chi connectivity index (χ4v) is 6.82. The summed E-state index contributed by atoms with van der Waals surface area (Å²) in [5.41, 5.74) is 10.3. The number of ketones is 1. The number of aliphatic carboxylic acids is 1. The van der Waals surface area contributed by atoms with Gasteiger partial charge in [0, 0.05) is 37.7 Å². The molecule has 2 aromatic carbocycles. The Balaban J connectivity index is 1.18. The third-order valence-electron chi connectivity index (χ3n) is 10.5. The van der Waals surface area contributed by atoms with Crippen molar-refractivity contribution < 1.29 is 29.7 Å². The predicted octanol–water partition coefficient (Wildman–Crippen LogP) is 6.29. The highest BCUT2D eigenvalue weighted by atomic mass is 16.4. The minimum absolute atomic E-state index is 0.106. The lowest BCUT2D eigenvalue weighted by molar-refractivity contribution is -0.140. The van der Waals surface area contributed by atoms with Crippen LogP contribution in [0.5, 0.6) is 0 Å². The monoisotopic (exact) mass is 704 g/mol. The van der Waals surface area contributed by atoms with Crippen molar-refractivity contribution in [2.75, 3.05) is 18.5 Å². The van der Waals surface area contributed by atoms with Gasteiger partial charge in [-0.3, -0.25) is 29.7 Å². The molecule has 4 aromatic rings. The number of amides is 1. The van der Waals surface area contributed by atoms with E-state index in [1.54, 1.807) is 6.20 Å². The topological polar surface area (TPSA) is 162 Å². The molecule has 1 amide bonds. The van der Waals surface area contributed by atoms with Crippen molar-refractivity contribution in [3.8, 4) is 11.1 Å². The molecule has 2 aliphatic rings. The first-order chi connectivity index (χ1) is 25.1. The van der Waals surface area contributed by atoms with Gasteiger partial charge in [0.1, 0.15) is 17.4 Å². The van der Waals surface area contributed by atoms with E-state index in [0.29, 0.717) is 28.9 Å². The zero-order valence-electron chi connectivity index (χ0n) is 30.1. The number of carboxylic acid groups (broad SMARTS) is 1. The van der Waals surface area contributed by atoms with Gasteiger partial charge in [-0.25, -0.2) is 0 Å². The van der Waals surface area contributed by atoms with Crippen LogP contribution in [0.25, 0.3) is 11.1 Å². The molecule has 0 saturated heterocycles. The number of aliphatic hydroxyl groups is 2. The molecule has 10 nitrogen and oxygen atoms in total. The van der Waals surface area contributed by atoms with Crippen LogP contribution in [0.1, 0.15) is 111 Å². The Morgan fingerprint density at radius 2 is 1.42 bits per heavy atom. The number of nitrogens with one attached hydrogen (secondary N) is 2. The molecule has 0 spiro atoms. The number of aliphatic hydroxyl groups excluding tert-OH is 2. The lowest BCUT2D eigenvalue weighted by Gasteiger charge is -2.17. The summed E-state index contributed by atoms with van der Waals surface area (Å²) in [6.07, 6.45) is 9.58. The Morgan fingerprint density at radius 1 is 0.808 bits per heavy atom. The van der Waals surface area contributed by atoms with Gasteiger partial charge < -0.3 is 20.6 Å². The van der Waals surface area contributed by atoms with E-state index in [9.17, 15) is 29.7 Å². The van der Waals surface area contributed by atoms with Crippen molar-refractivity contribution in [1.82, 2.24) is 15.3 Å². The molecule has 272 valence electrons. The van der Waals surface area contributed by atoms with Gasteiger partial charge in [0.05, 0.1) is 6.61 Å². The molecule has 2 fully saturated rings. The van der Waals surface area contributed by atoms with Gasteiger partial charge >= 0.3 is 5.97 Å². The molecule has 2 aromatic heterocycles. The summed E-state index contributed by atoms with van der Waals surface area (Å²) in [6, 6.07) is 14.5. The largest absolute Gasteiger partial charge is 0.480 e. The van der Waals surface area contributed by atoms with Crippen LogP contribution < -0.4 is 10.6 Å². The van der Waals surface area contributed by atoms with Crippen LogP contribution >= 0.6 is 0 Å². The molecule has 2 heterocycles. The summed E-state index contributed by atoms with van der Waals surface area (Å²) in [7, 11) is 0. The van der Waals surface area contributed by atoms with Gasteiger partial charge in [0.15, 0.2) is 5.78 Å². The van der Waals surface area contributed by atoms with E-state index in [2.05, 4.69) is 20.6 Å². The zero-order chi connectivity index (χ0) is 36.9. The Kier molecular flexibility index (Phi) is 11.6. The number of rotatable bonds is 17. The van der Waals surface area contributed by atoms with Crippen molar-refractivity contribution in [1.29, 1.82) is 0 Å². The summed E-state index contributed by atoms with van der Waals surface area (Å²) >= 11 is 0. The molecule has 6 rings (SSSR count). The molecule has 0 bridgehead atoms. The maximum Gasteiger partial charge on any atom is 0.323 e. The van der Waals surface area contributed by atoms with Crippen molar-refractivity contribution in [3.05, 3.63) is 111 Å². The molecule has 2 aliphatic carbocycles. The smallest absolute Gasteiger partial charge is 0.323 e. The minimum atomic E-state index is -1.12. The number of pyridine rings is 2. The van der Waals surface area contributed by atoms with E-state index in [0.717, 1.165) is 83.0 Å². The van der Waals surface area contributed by atoms with Gasteiger partial charge in [-0.2, -0.15) is 0 Å².